The summed E-state index contributed by atoms with van der Waals surface area (Å²) < 4.78 is 0. The lowest BCUT2D eigenvalue weighted by atomic mass is 10.1. The van der Waals surface area contributed by atoms with Gasteiger partial charge in [-0.25, -0.2) is 0 Å². The van der Waals surface area contributed by atoms with Gasteiger partial charge in [0, 0.05) is 6.42 Å². The molecule has 0 radical (unpaired) electrons. The minimum absolute atomic E-state index is 0.0393. The molecule has 0 fully saturated rings. The van der Waals surface area contributed by atoms with Crippen LogP contribution in [0.1, 0.15) is 41.6 Å². The molecule has 0 heterocycles. The van der Waals surface area contributed by atoms with Crippen LogP contribution in [0.2, 0.25) is 0 Å². The molecule has 0 aromatic heterocycles. The summed E-state index contributed by atoms with van der Waals surface area (Å²) in [6.45, 7) is 4.00. The van der Waals surface area contributed by atoms with Gasteiger partial charge in [0.2, 0.25) is 5.91 Å². The van der Waals surface area contributed by atoms with E-state index in [-0.39, 0.29) is 11.9 Å². The van der Waals surface area contributed by atoms with Crippen LogP contribution in [0.25, 0.3) is 0 Å². The third kappa shape index (κ3) is 4.46. The van der Waals surface area contributed by atoms with Gasteiger partial charge in [-0.2, -0.15) is 5.26 Å². The van der Waals surface area contributed by atoms with Crippen LogP contribution in [-0.4, -0.2) is 5.91 Å². The number of carbonyl (C=O) groups is 1. The first-order valence-electron chi connectivity index (χ1n) is 7.43. The fourth-order valence-electron chi connectivity index (χ4n) is 2.26. The van der Waals surface area contributed by atoms with Crippen molar-refractivity contribution in [1.29, 1.82) is 5.26 Å². The number of aryl methyl sites for hydroxylation is 2. The Morgan fingerprint density at radius 2 is 1.77 bits per heavy atom. The van der Waals surface area contributed by atoms with Crippen LogP contribution in [0, 0.1) is 18.3 Å². The Morgan fingerprint density at radius 1 is 1.14 bits per heavy atom. The molecule has 3 heteroatoms. The molecule has 22 heavy (non-hydrogen) atoms. The summed E-state index contributed by atoms with van der Waals surface area (Å²) in [5.74, 6) is 0.0393. The molecule has 0 aliphatic carbocycles. The Labute approximate surface area is 131 Å². The van der Waals surface area contributed by atoms with Gasteiger partial charge in [0.1, 0.15) is 0 Å². The lowest BCUT2D eigenvalue weighted by Gasteiger charge is -2.14. The zero-order valence-electron chi connectivity index (χ0n) is 13.0. The van der Waals surface area contributed by atoms with Crippen LogP contribution in [0.4, 0.5) is 0 Å². The number of hydrogen-bond donors (Lipinski definition) is 1. The Hall–Kier alpha value is -2.60. The number of nitrogens with one attached hydrogen (secondary N) is 1. The highest BCUT2D eigenvalue weighted by atomic mass is 16.1. The van der Waals surface area contributed by atoms with Crippen molar-refractivity contribution >= 4 is 5.91 Å². The molecule has 2 aromatic rings. The van der Waals surface area contributed by atoms with Gasteiger partial charge >= 0.3 is 0 Å². The van der Waals surface area contributed by atoms with Crippen LogP contribution < -0.4 is 5.32 Å². The second kappa shape index (κ2) is 7.42. The van der Waals surface area contributed by atoms with E-state index in [1.165, 1.54) is 11.1 Å². The number of benzene rings is 2. The zero-order chi connectivity index (χ0) is 15.9. The van der Waals surface area contributed by atoms with E-state index in [1.54, 1.807) is 12.1 Å². The van der Waals surface area contributed by atoms with E-state index < -0.39 is 0 Å². The lowest BCUT2D eigenvalue weighted by molar-refractivity contribution is -0.121. The summed E-state index contributed by atoms with van der Waals surface area (Å²) in [6, 6.07) is 17.6. The highest BCUT2D eigenvalue weighted by molar-refractivity contribution is 5.76. The van der Waals surface area contributed by atoms with Gasteiger partial charge in [-0.3, -0.25) is 4.79 Å². The maximum atomic E-state index is 12.0. The molecule has 0 saturated carbocycles. The van der Waals surface area contributed by atoms with E-state index >= 15 is 0 Å². The molecule has 1 amide bonds. The molecule has 112 valence electrons. The molecule has 0 aliphatic rings. The van der Waals surface area contributed by atoms with E-state index in [4.69, 9.17) is 5.26 Å². The molecule has 3 nitrogen and oxygen atoms in total. The maximum absolute atomic E-state index is 12.0. The van der Waals surface area contributed by atoms with Gasteiger partial charge in [-0.1, -0.05) is 42.0 Å². The average Bonchev–Trinajstić information content (AvgIpc) is 2.54. The van der Waals surface area contributed by atoms with Gasteiger partial charge < -0.3 is 5.32 Å². The number of nitriles is 1. The first-order chi connectivity index (χ1) is 10.6. The fraction of sp³-hybridized carbons (Fsp3) is 0.263. The number of hydrogen-bond acceptors (Lipinski definition) is 2. The zero-order valence-corrected chi connectivity index (χ0v) is 13.0. The van der Waals surface area contributed by atoms with E-state index in [9.17, 15) is 4.79 Å². The van der Waals surface area contributed by atoms with Crippen LogP contribution >= 0.6 is 0 Å². The smallest absolute Gasteiger partial charge is 0.220 e. The fourth-order valence-corrected chi connectivity index (χ4v) is 2.26. The van der Waals surface area contributed by atoms with Crippen molar-refractivity contribution in [3.63, 3.8) is 0 Å². The summed E-state index contributed by atoms with van der Waals surface area (Å²) in [5.41, 5.74) is 4.03. The van der Waals surface area contributed by atoms with Crippen molar-refractivity contribution in [2.75, 3.05) is 0 Å². The number of nitrogens with zero attached hydrogens (tertiary/aromatic N) is 1. The van der Waals surface area contributed by atoms with Crippen molar-refractivity contribution in [3.8, 4) is 6.07 Å². The van der Waals surface area contributed by atoms with E-state index in [0.717, 1.165) is 12.0 Å². The largest absolute Gasteiger partial charge is 0.350 e. The monoisotopic (exact) mass is 292 g/mol. The summed E-state index contributed by atoms with van der Waals surface area (Å²) >= 11 is 0. The molecule has 0 spiro atoms. The predicted octanol–water partition coefficient (Wildman–Crippen LogP) is 3.68. The maximum Gasteiger partial charge on any atom is 0.220 e. The molecule has 1 N–H and O–H groups in total. The van der Waals surface area contributed by atoms with Gasteiger partial charge in [-0.15, -0.1) is 0 Å². The Balaban J connectivity index is 1.85. The minimum Gasteiger partial charge on any atom is -0.350 e. The third-order valence-electron chi connectivity index (χ3n) is 3.68. The Kier molecular flexibility index (Phi) is 5.32. The Morgan fingerprint density at radius 3 is 2.36 bits per heavy atom. The number of carbonyl (C=O) groups excluding carboxylic acids is 1. The first kappa shape index (κ1) is 15.8. The van der Waals surface area contributed by atoms with E-state index in [0.29, 0.717) is 12.0 Å². The number of rotatable bonds is 5. The number of amides is 1. The summed E-state index contributed by atoms with van der Waals surface area (Å²) in [5, 5.41) is 11.8. The highest BCUT2D eigenvalue weighted by Gasteiger charge is 2.09. The molecule has 1 atom stereocenters. The van der Waals surface area contributed by atoms with E-state index in [1.807, 2.05) is 19.1 Å². The molecule has 2 rings (SSSR count). The second-order valence-corrected chi connectivity index (χ2v) is 5.51. The normalized spacial score (nSPS) is 11.5. The minimum atomic E-state index is -0.0572. The average molecular weight is 292 g/mol. The molecule has 2 aromatic carbocycles. The van der Waals surface area contributed by atoms with Crippen LogP contribution in [0.5, 0.6) is 0 Å². The van der Waals surface area contributed by atoms with Gasteiger partial charge in [0.25, 0.3) is 0 Å². The van der Waals surface area contributed by atoms with Gasteiger partial charge in [-0.05, 0) is 43.5 Å². The van der Waals surface area contributed by atoms with Gasteiger partial charge in [0.15, 0.2) is 0 Å². The summed E-state index contributed by atoms with van der Waals surface area (Å²) in [4.78, 5) is 12.0. The third-order valence-corrected chi connectivity index (χ3v) is 3.68. The van der Waals surface area contributed by atoms with Crippen LogP contribution in [0.3, 0.4) is 0 Å². The SMILES string of the molecule is Cc1ccc(CCC(=O)NC(C)c2ccc(C#N)cc2)cc1. The molecule has 0 saturated heterocycles. The molecular formula is C19H20N2O. The molecule has 0 bridgehead atoms. The summed E-state index contributed by atoms with van der Waals surface area (Å²) in [7, 11) is 0. The molecule has 1 unspecified atom stereocenters. The van der Waals surface area contributed by atoms with Crippen molar-refractivity contribution < 1.29 is 4.79 Å². The predicted molar refractivity (Wildman–Crippen MR) is 87.2 cm³/mol. The summed E-state index contributed by atoms with van der Waals surface area (Å²) in [6.07, 6.45) is 1.22. The first-order valence-corrected chi connectivity index (χ1v) is 7.43. The van der Waals surface area contributed by atoms with Crippen molar-refractivity contribution in [1.82, 2.24) is 5.32 Å². The highest BCUT2D eigenvalue weighted by Crippen LogP contribution is 2.13. The van der Waals surface area contributed by atoms with Crippen LogP contribution in [0.15, 0.2) is 48.5 Å². The topological polar surface area (TPSA) is 52.9 Å². The van der Waals surface area contributed by atoms with Crippen LogP contribution in [-0.2, 0) is 11.2 Å². The molecular weight excluding hydrogens is 272 g/mol. The Bertz CT molecular complexity index is 666. The van der Waals surface area contributed by atoms with Crippen molar-refractivity contribution in [2.45, 2.75) is 32.7 Å². The van der Waals surface area contributed by atoms with Gasteiger partial charge in [0.05, 0.1) is 17.7 Å². The second-order valence-electron chi connectivity index (χ2n) is 5.51. The lowest BCUT2D eigenvalue weighted by Crippen LogP contribution is -2.26. The van der Waals surface area contributed by atoms with Crippen molar-refractivity contribution in [3.05, 3.63) is 70.8 Å². The molecule has 0 aliphatic heterocycles. The van der Waals surface area contributed by atoms with Crippen molar-refractivity contribution in [2.24, 2.45) is 0 Å². The quantitative estimate of drug-likeness (QED) is 0.914. The standard InChI is InChI=1S/C19H20N2O/c1-14-3-5-16(6-4-14)9-12-19(22)21-15(2)18-10-7-17(13-20)8-11-18/h3-8,10-11,15H,9,12H2,1-2H3,(H,21,22). The van der Waals surface area contributed by atoms with E-state index in [2.05, 4.69) is 42.6 Å².